The number of carbonyl (C=O) groups excluding carboxylic acids is 1. The molecule has 8 heteroatoms. The lowest BCUT2D eigenvalue weighted by Gasteiger charge is -2.08. The summed E-state index contributed by atoms with van der Waals surface area (Å²) >= 11 is 6.11. The van der Waals surface area contributed by atoms with Crippen LogP contribution in [0.4, 0.5) is 11.5 Å². The van der Waals surface area contributed by atoms with Crippen molar-refractivity contribution in [2.75, 3.05) is 10.6 Å². The van der Waals surface area contributed by atoms with E-state index in [1.165, 1.54) is 18.4 Å². The second kappa shape index (κ2) is 8.71. The van der Waals surface area contributed by atoms with Crippen LogP contribution in [-0.2, 0) is 11.3 Å². The van der Waals surface area contributed by atoms with Gasteiger partial charge in [-0.25, -0.2) is 9.97 Å². The molecule has 0 spiro atoms. The summed E-state index contributed by atoms with van der Waals surface area (Å²) in [4.78, 5) is 21.8. The molecule has 0 radical (unpaired) electrons. The molecule has 7 nitrogen and oxygen atoms in total. The summed E-state index contributed by atoms with van der Waals surface area (Å²) in [6.45, 7) is 0.564. The first-order valence-electron chi connectivity index (χ1n) is 11.8. The Labute approximate surface area is 207 Å². The number of rotatable bonds is 7. The molecule has 0 unspecified atom stereocenters. The number of fused-ring (bicyclic) bond motifs is 1. The fourth-order valence-corrected chi connectivity index (χ4v) is 4.78. The monoisotopic (exact) mass is 482 g/mol. The van der Waals surface area contributed by atoms with Crippen molar-refractivity contribution in [2.24, 2.45) is 5.92 Å². The lowest BCUT2D eigenvalue weighted by atomic mass is 10.0. The topological polar surface area (TPSA) is 95.1 Å². The number of carbonyl (C=O) groups is 1. The Kier molecular flexibility index (Phi) is 5.39. The van der Waals surface area contributed by atoms with Gasteiger partial charge in [-0.2, -0.15) is 5.26 Å². The molecule has 1 amide bonds. The molecule has 35 heavy (non-hydrogen) atoms. The van der Waals surface area contributed by atoms with E-state index in [4.69, 9.17) is 16.6 Å². The van der Waals surface area contributed by atoms with Gasteiger partial charge in [0, 0.05) is 41.3 Å². The molecular formula is C27H23ClN6O. The number of pyridine rings is 2. The second-order valence-corrected chi connectivity index (χ2v) is 9.74. The third-order valence-electron chi connectivity index (χ3n) is 6.72. The Hall–Kier alpha value is -3.89. The molecule has 2 saturated carbocycles. The van der Waals surface area contributed by atoms with Gasteiger partial charge in [0.25, 0.3) is 0 Å². The largest absolute Gasteiger partial charge is 0.379 e. The molecule has 3 heterocycles. The van der Waals surface area contributed by atoms with Gasteiger partial charge in [-0.05, 0) is 72.6 Å². The first-order chi connectivity index (χ1) is 17.1. The number of benzene rings is 1. The summed E-state index contributed by atoms with van der Waals surface area (Å²) in [6, 6.07) is 15.3. The van der Waals surface area contributed by atoms with Crippen molar-refractivity contribution in [3.05, 3.63) is 88.5 Å². The third-order valence-corrected chi connectivity index (χ3v) is 6.95. The minimum absolute atomic E-state index is 0.000126. The molecule has 6 rings (SSSR count). The molecule has 3 aromatic heterocycles. The smallest absolute Gasteiger partial charge is 0.229 e. The van der Waals surface area contributed by atoms with E-state index in [2.05, 4.69) is 50.6 Å². The average molecular weight is 483 g/mol. The predicted molar refractivity (Wildman–Crippen MR) is 134 cm³/mol. The number of anilines is 2. The first-order valence-corrected chi connectivity index (χ1v) is 12.1. The highest BCUT2D eigenvalue weighted by atomic mass is 35.5. The highest BCUT2D eigenvalue weighted by Gasteiger charge is 2.45. The van der Waals surface area contributed by atoms with Crippen molar-refractivity contribution in [3.63, 3.8) is 0 Å². The Bertz CT molecular complexity index is 1480. The number of nitrogens with zero attached hydrogens (tertiary/aromatic N) is 4. The zero-order valence-corrected chi connectivity index (χ0v) is 19.7. The summed E-state index contributed by atoms with van der Waals surface area (Å²) < 4.78 is 2.09. The Morgan fingerprint density at radius 3 is 2.89 bits per heavy atom. The van der Waals surface area contributed by atoms with Crippen molar-refractivity contribution in [2.45, 2.75) is 37.6 Å². The fraction of sp³-hybridized carbons (Fsp3) is 0.259. The van der Waals surface area contributed by atoms with Gasteiger partial charge in [-0.15, -0.1) is 0 Å². The van der Waals surface area contributed by atoms with E-state index >= 15 is 0 Å². The molecule has 2 atom stereocenters. The highest BCUT2D eigenvalue weighted by molar-refractivity contribution is 6.30. The third kappa shape index (κ3) is 4.58. The predicted octanol–water partition coefficient (Wildman–Crippen LogP) is 5.49. The molecule has 0 aliphatic heterocycles. The van der Waals surface area contributed by atoms with Crippen LogP contribution in [0.15, 0.2) is 61.1 Å². The van der Waals surface area contributed by atoms with E-state index in [1.54, 1.807) is 24.4 Å². The van der Waals surface area contributed by atoms with Crippen molar-refractivity contribution in [3.8, 4) is 6.07 Å². The summed E-state index contributed by atoms with van der Waals surface area (Å²) in [5.74, 6) is 0.896. The van der Waals surface area contributed by atoms with Gasteiger partial charge in [0.15, 0.2) is 0 Å². The van der Waals surface area contributed by atoms with Crippen LogP contribution in [0.2, 0.25) is 5.02 Å². The van der Waals surface area contributed by atoms with E-state index in [0.717, 1.165) is 22.6 Å². The van der Waals surface area contributed by atoms with Crippen molar-refractivity contribution in [1.82, 2.24) is 14.4 Å². The molecular weight excluding hydrogens is 460 g/mol. The Morgan fingerprint density at radius 1 is 1.17 bits per heavy atom. The molecule has 2 N–H and O–H groups in total. The maximum atomic E-state index is 12.8. The number of imidazole rings is 1. The van der Waals surface area contributed by atoms with Gasteiger partial charge in [-0.1, -0.05) is 17.7 Å². The van der Waals surface area contributed by atoms with Gasteiger partial charge >= 0.3 is 0 Å². The SMILES string of the molecule is N#Cc1ccc(Cl)cc1[C@@H]1C[C@H]1C(=O)Nc1cc(NCc2cn3cc(C4CC4)ccc3n2)ccn1. The van der Waals surface area contributed by atoms with Crippen LogP contribution >= 0.6 is 11.6 Å². The number of amides is 1. The number of hydrogen-bond donors (Lipinski definition) is 2. The lowest BCUT2D eigenvalue weighted by Crippen LogP contribution is -2.16. The van der Waals surface area contributed by atoms with Crippen LogP contribution in [0.5, 0.6) is 0 Å². The van der Waals surface area contributed by atoms with Crippen LogP contribution in [-0.4, -0.2) is 20.3 Å². The maximum absolute atomic E-state index is 12.8. The van der Waals surface area contributed by atoms with Crippen molar-refractivity contribution >= 4 is 34.7 Å². The zero-order chi connectivity index (χ0) is 23.9. The molecule has 4 aromatic rings. The minimum atomic E-state index is -0.197. The summed E-state index contributed by atoms with van der Waals surface area (Å²) in [5, 5.41) is 16.2. The van der Waals surface area contributed by atoms with Gasteiger partial charge in [0.05, 0.1) is 23.9 Å². The minimum Gasteiger partial charge on any atom is -0.379 e. The normalized spacial score (nSPS) is 18.7. The van der Waals surface area contributed by atoms with Gasteiger partial charge < -0.3 is 15.0 Å². The molecule has 2 aliphatic rings. The standard InChI is InChI=1S/C27H23ClN6O/c28-19-5-3-17(12-29)22(9-19)23-11-24(23)27(35)33-25-10-20(7-8-30-25)31-13-21-15-34-14-18(16-1-2-16)4-6-26(34)32-21/h3-10,14-16,23-24H,1-2,11,13H2,(H2,30,31,33,35)/t23-,24+/m0/s1. The average Bonchev–Trinajstić information content (AvgIpc) is 3.79. The fourth-order valence-electron chi connectivity index (χ4n) is 4.60. The number of aromatic nitrogens is 3. The van der Waals surface area contributed by atoms with Gasteiger partial charge in [0.2, 0.25) is 5.91 Å². The Balaban J connectivity index is 1.09. The van der Waals surface area contributed by atoms with Gasteiger partial charge in [0.1, 0.15) is 11.5 Å². The number of halogens is 1. The summed E-state index contributed by atoms with van der Waals surface area (Å²) in [5.41, 5.74) is 5.50. The first kappa shape index (κ1) is 21.6. The van der Waals surface area contributed by atoms with Crippen LogP contribution in [0.3, 0.4) is 0 Å². The maximum Gasteiger partial charge on any atom is 0.229 e. The van der Waals surface area contributed by atoms with E-state index in [1.807, 2.05) is 12.1 Å². The second-order valence-electron chi connectivity index (χ2n) is 9.30. The number of nitrogens with one attached hydrogen (secondary N) is 2. The molecule has 174 valence electrons. The van der Waals surface area contributed by atoms with Crippen molar-refractivity contribution < 1.29 is 4.79 Å². The Morgan fingerprint density at radius 2 is 2.06 bits per heavy atom. The van der Waals surface area contributed by atoms with Crippen LogP contribution in [0.25, 0.3) is 5.65 Å². The highest BCUT2D eigenvalue weighted by Crippen LogP contribution is 2.49. The number of nitriles is 1. The van der Waals surface area contributed by atoms with Crippen LogP contribution in [0, 0.1) is 17.2 Å². The molecule has 0 bridgehead atoms. The van der Waals surface area contributed by atoms with E-state index < -0.39 is 0 Å². The molecule has 0 saturated heterocycles. The van der Waals surface area contributed by atoms with Gasteiger partial charge in [-0.3, -0.25) is 4.79 Å². The quantitative estimate of drug-likeness (QED) is 0.363. The lowest BCUT2D eigenvalue weighted by molar-refractivity contribution is -0.117. The number of hydrogen-bond acceptors (Lipinski definition) is 5. The van der Waals surface area contributed by atoms with Crippen molar-refractivity contribution in [1.29, 1.82) is 5.26 Å². The van der Waals surface area contributed by atoms with Crippen LogP contribution in [0.1, 0.15) is 53.5 Å². The van der Waals surface area contributed by atoms with E-state index in [9.17, 15) is 10.1 Å². The molecule has 2 fully saturated rings. The van der Waals surface area contributed by atoms with E-state index in [-0.39, 0.29) is 17.7 Å². The summed E-state index contributed by atoms with van der Waals surface area (Å²) in [6.07, 6.45) is 9.14. The van der Waals surface area contributed by atoms with E-state index in [0.29, 0.717) is 35.3 Å². The van der Waals surface area contributed by atoms with Crippen LogP contribution < -0.4 is 10.6 Å². The summed E-state index contributed by atoms with van der Waals surface area (Å²) in [7, 11) is 0. The zero-order valence-electron chi connectivity index (χ0n) is 18.9. The molecule has 2 aliphatic carbocycles. The molecule has 1 aromatic carbocycles.